The van der Waals surface area contributed by atoms with Crippen LogP contribution in [0.15, 0.2) is 65.3 Å². The number of ether oxygens (including phenoxy) is 1. The number of amides is 1. The fraction of sp³-hybridized carbons (Fsp3) is 0.240. The number of nitrogens with zero attached hydrogens (tertiary/aromatic N) is 4. The summed E-state index contributed by atoms with van der Waals surface area (Å²) in [6, 6.07) is 17.4. The van der Waals surface area contributed by atoms with E-state index in [4.69, 9.17) is 9.72 Å². The smallest absolute Gasteiger partial charge is 0.215 e. The van der Waals surface area contributed by atoms with E-state index in [1.165, 1.54) is 0 Å². The van der Waals surface area contributed by atoms with Gasteiger partial charge in [0.25, 0.3) is 0 Å². The third-order valence-corrected chi connectivity index (χ3v) is 6.48. The van der Waals surface area contributed by atoms with Gasteiger partial charge in [-0.15, -0.1) is 0 Å². The number of fused-ring (bicyclic) bond motifs is 1. The molecule has 174 valence electrons. The molecule has 1 amide bonds. The number of rotatable bonds is 7. The van der Waals surface area contributed by atoms with Crippen molar-refractivity contribution in [1.29, 1.82) is 0 Å². The number of halogens is 1. The molecule has 0 aliphatic carbocycles. The predicted octanol–water partition coefficient (Wildman–Crippen LogP) is 4.98. The molecule has 2 aromatic heterocycles. The van der Waals surface area contributed by atoms with Gasteiger partial charge in [-0.1, -0.05) is 15.9 Å². The lowest BCUT2D eigenvalue weighted by molar-refractivity contribution is -0.108. The van der Waals surface area contributed by atoms with Crippen LogP contribution in [0.3, 0.4) is 0 Å². The number of aromatic nitrogens is 3. The Morgan fingerprint density at radius 2 is 2.00 bits per heavy atom. The van der Waals surface area contributed by atoms with Crippen LogP contribution in [0.1, 0.15) is 12.8 Å². The number of aryl methyl sites for hydroxylation is 1. The standard InChI is InChI=1S/C25H25BrN6O2/c1-31-23-9-8-20(13-22(23)30-25(31)29-18-6-4-17(26)5-7-18)34-21-10-12-28-24(14-21)32(16-33)19-3-2-11-27-15-19/h4-10,12-14,16,19,27H,2-3,11,15H2,1H3,(H,29,30). The Hall–Kier alpha value is -3.43. The fourth-order valence-electron chi connectivity index (χ4n) is 4.16. The van der Waals surface area contributed by atoms with Crippen molar-refractivity contribution < 1.29 is 9.53 Å². The summed E-state index contributed by atoms with van der Waals surface area (Å²) in [5, 5.41) is 6.69. The molecule has 34 heavy (non-hydrogen) atoms. The van der Waals surface area contributed by atoms with Crippen LogP contribution < -0.4 is 20.3 Å². The van der Waals surface area contributed by atoms with Gasteiger partial charge in [-0.3, -0.25) is 9.69 Å². The fourth-order valence-corrected chi connectivity index (χ4v) is 4.42. The van der Waals surface area contributed by atoms with Crippen molar-refractivity contribution in [1.82, 2.24) is 19.9 Å². The second-order valence-corrected chi connectivity index (χ2v) is 9.16. The molecule has 1 saturated heterocycles. The van der Waals surface area contributed by atoms with Crippen LogP contribution in [0, 0.1) is 0 Å². The number of pyridine rings is 1. The largest absolute Gasteiger partial charge is 0.457 e. The maximum atomic E-state index is 11.8. The zero-order valence-corrected chi connectivity index (χ0v) is 20.3. The molecule has 9 heteroatoms. The van der Waals surface area contributed by atoms with Crippen LogP contribution in [0.25, 0.3) is 11.0 Å². The number of imidazole rings is 1. The van der Waals surface area contributed by atoms with Crippen LogP contribution in [-0.2, 0) is 11.8 Å². The number of benzene rings is 2. The first kappa shape index (κ1) is 22.4. The Kier molecular flexibility index (Phi) is 6.46. The zero-order valence-electron chi connectivity index (χ0n) is 18.7. The molecule has 3 heterocycles. The minimum Gasteiger partial charge on any atom is -0.457 e. The van der Waals surface area contributed by atoms with E-state index in [1.807, 2.05) is 54.1 Å². The van der Waals surface area contributed by atoms with E-state index in [0.717, 1.165) is 59.5 Å². The third-order valence-electron chi connectivity index (χ3n) is 5.95. The molecular formula is C25H25BrN6O2. The minimum atomic E-state index is 0.0931. The van der Waals surface area contributed by atoms with Crippen LogP contribution in [0.5, 0.6) is 11.5 Å². The lowest BCUT2D eigenvalue weighted by Crippen LogP contribution is -2.45. The van der Waals surface area contributed by atoms with Crippen LogP contribution >= 0.6 is 15.9 Å². The summed E-state index contributed by atoms with van der Waals surface area (Å²) in [4.78, 5) is 22.6. The van der Waals surface area contributed by atoms with Gasteiger partial charge in [0.1, 0.15) is 17.3 Å². The average Bonchev–Trinajstić information content (AvgIpc) is 3.16. The molecule has 8 nitrogen and oxygen atoms in total. The Morgan fingerprint density at radius 3 is 2.76 bits per heavy atom. The molecule has 1 aliphatic heterocycles. The van der Waals surface area contributed by atoms with Crippen molar-refractivity contribution in [3.05, 3.63) is 65.3 Å². The van der Waals surface area contributed by atoms with Crippen molar-refractivity contribution in [2.45, 2.75) is 18.9 Å². The molecule has 0 saturated carbocycles. The van der Waals surface area contributed by atoms with E-state index < -0.39 is 0 Å². The monoisotopic (exact) mass is 520 g/mol. The summed E-state index contributed by atoms with van der Waals surface area (Å²) in [5.41, 5.74) is 2.76. The van der Waals surface area contributed by atoms with Crippen molar-refractivity contribution in [2.24, 2.45) is 7.05 Å². The van der Waals surface area contributed by atoms with E-state index >= 15 is 0 Å². The molecule has 5 rings (SSSR count). The van der Waals surface area contributed by atoms with E-state index in [0.29, 0.717) is 17.3 Å². The second-order valence-electron chi connectivity index (χ2n) is 8.24. The number of carbonyl (C=O) groups excluding carboxylic acids is 1. The molecule has 1 fully saturated rings. The molecule has 4 aromatic rings. The molecule has 0 spiro atoms. The molecule has 2 aromatic carbocycles. The second kappa shape index (κ2) is 9.82. The Bertz CT molecular complexity index is 1300. The van der Waals surface area contributed by atoms with Gasteiger partial charge in [0.15, 0.2) is 0 Å². The highest BCUT2D eigenvalue weighted by atomic mass is 79.9. The Labute approximate surface area is 206 Å². The van der Waals surface area contributed by atoms with Crippen molar-refractivity contribution in [3.63, 3.8) is 0 Å². The van der Waals surface area contributed by atoms with Gasteiger partial charge < -0.3 is 19.9 Å². The quantitative estimate of drug-likeness (QED) is 0.334. The highest BCUT2D eigenvalue weighted by Crippen LogP contribution is 2.30. The highest BCUT2D eigenvalue weighted by Gasteiger charge is 2.22. The van der Waals surface area contributed by atoms with Crippen LogP contribution in [0.4, 0.5) is 17.5 Å². The van der Waals surface area contributed by atoms with Crippen molar-refractivity contribution in [2.75, 3.05) is 23.3 Å². The third kappa shape index (κ3) is 4.76. The molecular weight excluding hydrogens is 496 g/mol. The lowest BCUT2D eigenvalue weighted by Gasteiger charge is -2.31. The lowest BCUT2D eigenvalue weighted by atomic mass is 10.1. The SMILES string of the molecule is Cn1c(Nc2ccc(Br)cc2)nc2cc(Oc3ccnc(N(C=O)C4CCCNC4)c3)ccc21. The molecule has 0 radical (unpaired) electrons. The van der Waals surface area contributed by atoms with Gasteiger partial charge in [-0.05, 0) is 61.9 Å². The Morgan fingerprint density at radius 1 is 1.18 bits per heavy atom. The number of hydrogen-bond donors (Lipinski definition) is 2. The summed E-state index contributed by atoms with van der Waals surface area (Å²) >= 11 is 3.46. The predicted molar refractivity (Wildman–Crippen MR) is 137 cm³/mol. The highest BCUT2D eigenvalue weighted by molar-refractivity contribution is 9.10. The van der Waals surface area contributed by atoms with Crippen molar-refractivity contribution in [3.8, 4) is 11.5 Å². The van der Waals surface area contributed by atoms with E-state index in [2.05, 4.69) is 31.5 Å². The molecule has 1 atom stereocenters. The van der Waals surface area contributed by atoms with Gasteiger partial charge in [-0.25, -0.2) is 9.97 Å². The molecule has 1 unspecified atom stereocenters. The van der Waals surface area contributed by atoms with Gasteiger partial charge in [-0.2, -0.15) is 0 Å². The van der Waals surface area contributed by atoms with Gasteiger partial charge >= 0.3 is 0 Å². The average molecular weight is 521 g/mol. The molecule has 1 aliphatic rings. The van der Waals surface area contributed by atoms with Gasteiger partial charge in [0, 0.05) is 42.1 Å². The van der Waals surface area contributed by atoms with Crippen LogP contribution in [0.2, 0.25) is 0 Å². The maximum absolute atomic E-state index is 11.8. The summed E-state index contributed by atoms with van der Waals surface area (Å²) in [6.45, 7) is 1.74. The normalized spacial score (nSPS) is 15.8. The first-order valence-electron chi connectivity index (χ1n) is 11.2. The minimum absolute atomic E-state index is 0.0931. The Balaban J connectivity index is 1.36. The number of anilines is 3. The van der Waals surface area contributed by atoms with Crippen LogP contribution in [-0.4, -0.2) is 40.1 Å². The molecule has 2 N–H and O–H groups in total. The van der Waals surface area contributed by atoms with E-state index in [1.54, 1.807) is 23.2 Å². The van der Waals surface area contributed by atoms with E-state index in [-0.39, 0.29) is 6.04 Å². The first-order chi connectivity index (χ1) is 16.6. The van der Waals surface area contributed by atoms with Gasteiger partial charge in [0.2, 0.25) is 12.4 Å². The number of hydrogen-bond acceptors (Lipinski definition) is 6. The summed E-state index contributed by atoms with van der Waals surface area (Å²) < 4.78 is 9.15. The first-order valence-corrected chi connectivity index (χ1v) is 12.0. The van der Waals surface area contributed by atoms with E-state index in [9.17, 15) is 4.79 Å². The van der Waals surface area contributed by atoms with Crippen molar-refractivity contribution >= 4 is 50.8 Å². The van der Waals surface area contributed by atoms with Gasteiger partial charge in [0.05, 0.1) is 17.1 Å². The summed E-state index contributed by atoms with van der Waals surface area (Å²) in [5.74, 6) is 2.60. The summed E-state index contributed by atoms with van der Waals surface area (Å²) in [6.07, 6.45) is 4.50. The topological polar surface area (TPSA) is 84.3 Å². The zero-order chi connectivity index (χ0) is 23.5. The number of piperidine rings is 1. The summed E-state index contributed by atoms with van der Waals surface area (Å²) in [7, 11) is 1.97. The maximum Gasteiger partial charge on any atom is 0.215 e. The molecule has 0 bridgehead atoms. The number of nitrogens with one attached hydrogen (secondary N) is 2. The number of carbonyl (C=O) groups is 1.